The molecule has 5 heteroatoms. The maximum Gasteiger partial charge on any atom is 0.270 e. The van der Waals surface area contributed by atoms with E-state index in [4.69, 9.17) is 9.47 Å². The molecule has 0 radical (unpaired) electrons. The van der Waals surface area contributed by atoms with Crippen molar-refractivity contribution in [2.24, 2.45) is 7.05 Å². The summed E-state index contributed by atoms with van der Waals surface area (Å²) in [6.07, 6.45) is 3.04. The second-order valence-corrected chi connectivity index (χ2v) is 6.36. The van der Waals surface area contributed by atoms with Crippen LogP contribution in [0.3, 0.4) is 0 Å². The van der Waals surface area contributed by atoms with Gasteiger partial charge in [0.2, 0.25) is 0 Å². The summed E-state index contributed by atoms with van der Waals surface area (Å²) in [5, 5.41) is 0. The van der Waals surface area contributed by atoms with Crippen LogP contribution in [0.2, 0.25) is 0 Å². The Kier molecular flexibility index (Phi) is 4.62. The lowest BCUT2D eigenvalue weighted by Crippen LogP contribution is -2.31. The highest BCUT2D eigenvalue weighted by atomic mass is 16.5. The van der Waals surface area contributed by atoms with Crippen LogP contribution in [0.1, 0.15) is 22.5 Å². The number of hydrogen-bond donors (Lipinski definition) is 0. The molecule has 1 aromatic heterocycles. The number of hydrogen-bond acceptors (Lipinski definition) is 3. The summed E-state index contributed by atoms with van der Waals surface area (Å²) in [5.41, 5.74) is 3.90. The number of ether oxygens (including phenoxy) is 2. The van der Waals surface area contributed by atoms with Gasteiger partial charge in [0.15, 0.2) is 0 Å². The number of carbonyl (C=O) groups excluding carboxylic acids is 1. The molecule has 0 spiro atoms. The van der Waals surface area contributed by atoms with Gasteiger partial charge < -0.3 is 18.9 Å². The van der Waals surface area contributed by atoms with E-state index < -0.39 is 0 Å². The number of methoxy groups -OCH3 is 2. The molecule has 1 amide bonds. The van der Waals surface area contributed by atoms with Crippen molar-refractivity contribution in [2.75, 3.05) is 27.3 Å². The highest BCUT2D eigenvalue weighted by Gasteiger charge is 2.28. The van der Waals surface area contributed by atoms with Crippen LogP contribution >= 0.6 is 0 Å². The zero-order valence-corrected chi connectivity index (χ0v) is 14.7. The lowest BCUT2D eigenvalue weighted by atomic mass is 10.1. The topological polar surface area (TPSA) is 43.7 Å². The maximum atomic E-state index is 12.8. The summed E-state index contributed by atoms with van der Waals surface area (Å²) >= 11 is 0. The van der Waals surface area contributed by atoms with E-state index in [0.29, 0.717) is 12.2 Å². The van der Waals surface area contributed by atoms with Crippen LogP contribution in [0.4, 0.5) is 0 Å². The SMILES string of the molecule is COc1cc(C)cc(-c2cc(C(=O)N3CCC(OC)C3)n(C)c2)c1. The van der Waals surface area contributed by atoms with Gasteiger partial charge in [-0.25, -0.2) is 0 Å². The summed E-state index contributed by atoms with van der Waals surface area (Å²) in [6, 6.07) is 8.04. The molecule has 1 aromatic carbocycles. The van der Waals surface area contributed by atoms with Crippen LogP contribution in [0.15, 0.2) is 30.5 Å². The van der Waals surface area contributed by atoms with Gasteiger partial charge in [-0.15, -0.1) is 0 Å². The summed E-state index contributed by atoms with van der Waals surface area (Å²) in [6.45, 7) is 3.44. The number of benzene rings is 1. The fourth-order valence-corrected chi connectivity index (χ4v) is 3.23. The van der Waals surface area contributed by atoms with Crippen molar-refractivity contribution in [3.05, 3.63) is 41.7 Å². The molecule has 2 aromatic rings. The monoisotopic (exact) mass is 328 g/mol. The zero-order valence-electron chi connectivity index (χ0n) is 14.7. The average Bonchev–Trinajstić information content (AvgIpc) is 3.20. The first-order valence-electron chi connectivity index (χ1n) is 8.16. The maximum absolute atomic E-state index is 12.8. The molecule has 0 N–H and O–H groups in total. The quantitative estimate of drug-likeness (QED) is 0.867. The minimum atomic E-state index is 0.0583. The van der Waals surface area contributed by atoms with Gasteiger partial charge in [0.1, 0.15) is 11.4 Å². The van der Waals surface area contributed by atoms with E-state index in [2.05, 4.69) is 6.07 Å². The minimum absolute atomic E-state index is 0.0583. The Morgan fingerprint density at radius 2 is 1.96 bits per heavy atom. The Balaban J connectivity index is 1.88. The molecule has 0 saturated carbocycles. The zero-order chi connectivity index (χ0) is 17.3. The molecule has 1 fully saturated rings. The first-order valence-corrected chi connectivity index (χ1v) is 8.16. The standard InChI is InChI=1S/C19H24N2O3/c1-13-7-14(9-17(8-13)24-4)15-10-18(20(2)11-15)19(22)21-6-5-16(12-21)23-3/h7-11,16H,5-6,12H2,1-4H3. The Morgan fingerprint density at radius 3 is 2.62 bits per heavy atom. The number of amides is 1. The molecule has 1 aliphatic heterocycles. The number of aromatic nitrogens is 1. The van der Waals surface area contributed by atoms with Crippen molar-refractivity contribution in [3.8, 4) is 16.9 Å². The lowest BCUT2D eigenvalue weighted by Gasteiger charge is -2.16. The van der Waals surface area contributed by atoms with E-state index in [1.807, 2.05) is 47.8 Å². The van der Waals surface area contributed by atoms with Gasteiger partial charge in [0.25, 0.3) is 5.91 Å². The molecule has 1 aliphatic rings. The summed E-state index contributed by atoms with van der Waals surface area (Å²) in [4.78, 5) is 14.7. The predicted octanol–water partition coefficient (Wildman–Crippen LogP) is 2.87. The van der Waals surface area contributed by atoms with E-state index in [1.165, 1.54) is 0 Å². The molecule has 0 bridgehead atoms. The Labute approximate surface area is 142 Å². The van der Waals surface area contributed by atoms with Crippen LogP contribution in [-0.2, 0) is 11.8 Å². The Hall–Kier alpha value is -2.27. The minimum Gasteiger partial charge on any atom is -0.497 e. The van der Waals surface area contributed by atoms with Crippen LogP contribution in [-0.4, -0.2) is 48.8 Å². The van der Waals surface area contributed by atoms with Crippen LogP contribution in [0.25, 0.3) is 11.1 Å². The van der Waals surface area contributed by atoms with E-state index in [-0.39, 0.29) is 12.0 Å². The fourth-order valence-electron chi connectivity index (χ4n) is 3.23. The normalized spacial score (nSPS) is 17.3. The van der Waals surface area contributed by atoms with Gasteiger partial charge >= 0.3 is 0 Å². The molecule has 24 heavy (non-hydrogen) atoms. The van der Waals surface area contributed by atoms with Crippen LogP contribution in [0, 0.1) is 6.92 Å². The molecule has 1 unspecified atom stereocenters. The first kappa shape index (κ1) is 16.6. The number of carbonyl (C=O) groups is 1. The molecular weight excluding hydrogens is 304 g/mol. The van der Waals surface area contributed by atoms with Crippen molar-refractivity contribution in [3.63, 3.8) is 0 Å². The van der Waals surface area contributed by atoms with Gasteiger partial charge in [-0.3, -0.25) is 4.79 Å². The largest absolute Gasteiger partial charge is 0.497 e. The molecule has 0 aliphatic carbocycles. The fraction of sp³-hybridized carbons (Fsp3) is 0.421. The van der Waals surface area contributed by atoms with Crippen molar-refractivity contribution in [2.45, 2.75) is 19.4 Å². The van der Waals surface area contributed by atoms with E-state index in [1.54, 1.807) is 14.2 Å². The molecule has 1 saturated heterocycles. The van der Waals surface area contributed by atoms with Gasteiger partial charge in [-0.05, 0) is 42.7 Å². The number of aryl methyl sites for hydroxylation is 2. The van der Waals surface area contributed by atoms with Gasteiger partial charge in [0, 0.05) is 39.0 Å². The van der Waals surface area contributed by atoms with Gasteiger partial charge in [0.05, 0.1) is 13.2 Å². The van der Waals surface area contributed by atoms with Gasteiger partial charge in [-0.1, -0.05) is 6.07 Å². The van der Waals surface area contributed by atoms with Crippen molar-refractivity contribution < 1.29 is 14.3 Å². The summed E-state index contributed by atoms with van der Waals surface area (Å²) in [5.74, 6) is 0.882. The van der Waals surface area contributed by atoms with Gasteiger partial charge in [-0.2, -0.15) is 0 Å². The van der Waals surface area contributed by atoms with Crippen molar-refractivity contribution in [1.29, 1.82) is 0 Å². The molecular formula is C19H24N2O3. The molecule has 128 valence electrons. The smallest absolute Gasteiger partial charge is 0.270 e. The van der Waals surface area contributed by atoms with E-state index in [0.717, 1.165) is 35.4 Å². The molecule has 5 nitrogen and oxygen atoms in total. The third-order valence-corrected chi connectivity index (χ3v) is 4.61. The Bertz CT molecular complexity index is 751. The first-order chi connectivity index (χ1) is 11.5. The number of nitrogens with zero attached hydrogens (tertiary/aromatic N) is 2. The Morgan fingerprint density at radius 1 is 1.17 bits per heavy atom. The predicted molar refractivity (Wildman–Crippen MR) is 93.5 cm³/mol. The summed E-state index contributed by atoms with van der Waals surface area (Å²) in [7, 11) is 5.27. The second kappa shape index (κ2) is 6.69. The second-order valence-electron chi connectivity index (χ2n) is 6.36. The average molecular weight is 328 g/mol. The highest BCUT2D eigenvalue weighted by Crippen LogP contribution is 2.28. The number of likely N-dealkylation sites (tertiary alicyclic amines) is 1. The van der Waals surface area contributed by atoms with Crippen molar-refractivity contribution in [1.82, 2.24) is 9.47 Å². The van der Waals surface area contributed by atoms with Crippen molar-refractivity contribution >= 4 is 5.91 Å². The highest BCUT2D eigenvalue weighted by molar-refractivity contribution is 5.94. The van der Waals surface area contributed by atoms with E-state index in [9.17, 15) is 4.79 Å². The molecule has 1 atom stereocenters. The van der Waals surface area contributed by atoms with E-state index >= 15 is 0 Å². The third kappa shape index (κ3) is 3.17. The molecule has 3 rings (SSSR count). The lowest BCUT2D eigenvalue weighted by molar-refractivity contribution is 0.0715. The van der Waals surface area contributed by atoms with Crippen LogP contribution < -0.4 is 4.74 Å². The number of rotatable bonds is 4. The molecule has 2 heterocycles. The van der Waals surface area contributed by atoms with Crippen LogP contribution in [0.5, 0.6) is 5.75 Å². The third-order valence-electron chi connectivity index (χ3n) is 4.61. The summed E-state index contributed by atoms with van der Waals surface area (Å²) < 4.78 is 12.6.